The van der Waals surface area contributed by atoms with E-state index in [0.29, 0.717) is 0 Å². The minimum absolute atomic E-state index is 0.0666. The van der Waals surface area contributed by atoms with Gasteiger partial charge in [-0.25, -0.2) is 0 Å². The Hall–Kier alpha value is -0.570. The van der Waals surface area contributed by atoms with Crippen LogP contribution in [0, 0.1) is 0 Å². The molecule has 1 fully saturated rings. The van der Waals surface area contributed by atoms with Gasteiger partial charge in [0.15, 0.2) is 0 Å². The van der Waals surface area contributed by atoms with E-state index in [1.165, 1.54) is 32.8 Å². The Kier molecular flexibility index (Phi) is 4.22. The van der Waals surface area contributed by atoms with Gasteiger partial charge in [-0.2, -0.15) is 0 Å². The number of carbonyl (C=O) groups is 1. The Morgan fingerprint density at radius 3 is 2.23 bits per heavy atom. The van der Waals surface area contributed by atoms with E-state index in [0.717, 1.165) is 13.1 Å². The molecule has 1 aliphatic heterocycles. The van der Waals surface area contributed by atoms with Crippen molar-refractivity contribution in [2.75, 3.05) is 20.2 Å². The average molecular weight is 185 g/mol. The van der Waals surface area contributed by atoms with Crippen LogP contribution in [0.25, 0.3) is 0 Å². The van der Waals surface area contributed by atoms with Crippen molar-refractivity contribution in [3.63, 3.8) is 0 Å². The summed E-state index contributed by atoms with van der Waals surface area (Å²) in [5.74, 6) is -0.109. The van der Waals surface area contributed by atoms with E-state index in [2.05, 4.69) is 4.90 Å². The summed E-state index contributed by atoms with van der Waals surface area (Å²) in [6.45, 7) is 4.00. The van der Waals surface area contributed by atoms with Crippen molar-refractivity contribution in [3.05, 3.63) is 0 Å². The summed E-state index contributed by atoms with van der Waals surface area (Å²) in [6.07, 6.45) is 5.01. The average Bonchev–Trinajstić information content (AvgIpc) is 2.43. The van der Waals surface area contributed by atoms with Gasteiger partial charge in [0.25, 0.3) is 0 Å². The minimum Gasteiger partial charge on any atom is -0.468 e. The molecule has 3 nitrogen and oxygen atoms in total. The highest BCUT2D eigenvalue weighted by atomic mass is 16.5. The number of ether oxygens (including phenoxy) is 1. The normalized spacial score (nSPS) is 22.0. The molecule has 0 bridgehead atoms. The van der Waals surface area contributed by atoms with E-state index in [9.17, 15) is 4.79 Å². The maximum atomic E-state index is 11.3. The van der Waals surface area contributed by atoms with Gasteiger partial charge in [-0.3, -0.25) is 9.69 Å². The number of likely N-dealkylation sites (tertiary alicyclic amines) is 1. The smallest absolute Gasteiger partial charge is 0.322 e. The van der Waals surface area contributed by atoms with E-state index < -0.39 is 0 Å². The molecule has 0 aromatic heterocycles. The van der Waals surface area contributed by atoms with Crippen molar-refractivity contribution in [2.45, 2.75) is 38.6 Å². The summed E-state index contributed by atoms with van der Waals surface area (Å²) in [7, 11) is 1.46. The zero-order valence-corrected chi connectivity index (χ0v) is 8.58. The molecule has 1 saturated heterocycles. The number of esters is 1. The second kappa shape index (κ2) is 5.22. The highest BCUT2D eigenvalue weighted by molar-refractivity contribution is 5.75. The Morgan fingerprint density at radius 1 is 1.23 bits per heavy atom. The first-order valence-electron chi connectivity index (χ1n) is 5.07. The molecule has 13 heavy (non-hydrogen) atoms. The monoisotopic (exact) mass is 185 g/mol. The van der Waals surface area contributed by atoms with Crippen molar-refractivity contribution in [1.82, 2.24) is 4.90 Å². The summed E-state index contributed by atoms with van der Waals surface area (Å²) >= 11 is 0. The van der Waals surface area contributed by atoms with Gasteiger partial charge in [0.2, 0.25) is 0 Å². The van der Waals surface area contributed by atoms with E-state index in [-0.39, 0.29) is 12.0 Å². The SMILES string of the molecule is COC(=O)[C@@H](C)N1CCCCCC1. The Morgan fingerprint density at radius 2 is 1.77 bits per heavy atom. The summed E-state index contributed by atoms with van der Waals surface area (Å²) < 4.78 is 4.73. The second-order valence-corrected chi connectivity index (χ2v) is 3.65. The number of nitrogens with zero attached hydrogens (tertiary/aromatic N) is 1. The highest BCUT2D eigenvalue weighted by Gasteiger charge is 2.22. The number of methoxy groups -OCH3 is 1. The quantitative estimate of drug-likeness (QED) is 0.609. The molecule has 1 aliphatic rings. The molecule has 3 heteroatoms. The van der Waals surface area contributed by atoms with Gasteiger partial charge in [0.05, 0.1) is 7.11 Å². The molecule has 0 radical (unpaired) electrons. The lowest BCUT2D eigenvalue weighted by atomic mass is 10.2. The number of hydrogen-bond acceptors (Lipinski definition) is 3. The first-order chi connectivity index (χ1) is 6.25. The highest BCUT2D eigenvalue weighted by Crippen LogP contribution is 2.12. The molecule has 0 aromatic carbocycles. The molecule has 0 aromatic rings. The van der Waals surface area contributed by atoms with E-state index in [1.807, 2.05) is 6.92 Å². The zero-order valence-electron chi connectivity index (χ0n) is 8.58. The second-order valence-electron chi connectivity index (χ2n) is 3.65. The van der Waals surface area contributed by atoms with Crippen LogP contribution in [0.1, 0.15) is 32.6 Å². The van der Waals surface area contributed by atoms with Crippen LogP contribution in [-0.2, 0) is 9.53 Å². The summed E-state index contributed by atoms with van der Waals surface area (Å²) in [5, 5.41) is 0. The van der Waals surface area contributed by atoms with Crippen molar-refractivity contribution < 1.29 is 9.53 Å². The van der Waals surface area contributed by atoms with Gasteiger partial charge in [-0.15, -0.1) is 0 Å². The van der Waals surface area contributed by atoms with Crippen LogP contribution in [0.15, 0.2) is 0 Å². The third kappa shape index (κ3) is 2.99. The first-order valence-corrected chi connectivity index (χ1v) is 5.07. The summed E-state index contributed by atoms with van der Waals surface area (Å²) in [4.78, 5) is 13.5. The Balaban J connectivity index is 2.43. The standard InChI is InChI=1S/C10H19NO2/c1-9(10(12)13-2)11-7-5-3-4-6-8-11/h9H,3-8H2,1-2H3/t9-/m1/s1. The fourth-order valence-electron chi connectivity index (χ4n) is 1.80. The molecular weight excluding hydrogens is 166 g/mol. The molecule has 76 valence electrons. The van der Waals surface area contributed by atoms with Gasteiger partial charge in [0, 0.05) is 0 Å². The van der Waals surface area contributed by atoms with E-state index >= 15 is 0 Å². The molecule has 1 rings (SSSR count). The van der Waals surface area contributed by atoms with Gasteiger partial charge in [-0.1, -0.05) is 12.8 Å². The predicted molar refractivity (Wildman–Crippen MR) is 51.5 cm³/mol. The Labute approximate surface area is 80.1 Å². The largest absolute Gasteiger partial charge is 0.468 e. The van der Waals surface area contributed by atoms with Crippen LogP contribution in [0.3, 0.4) is 0 Å². The van der Waals surface area contributed by atoms with Crippen LogP contribution in [0.4, 0.5) is 0 Å². The topological polar surface area (TPSA) is 29.5 Å². The number of hydrogen-bond donors (Lipinski definition) is 0. The predicted octanol–water partition coefficient (Wildman–Crippen LogP) is 1.42. The third-order valence-electron chi connectivity index (χ3n) is 2.73. The molecule has 1 atom stereocenters. The molecule has 0 unspecified atom stereocenters. The molecule has 0 saturated carbocycles. The van der Waals surface area contributed by atoms with E-state index in [4.69, 9.17) is 4.74 Å². The molecular formula is C10H19NO2. The third-order valence-corrected chi connectivity index (χ3v) is 2.73. The van der Waals surface area contributed by atoms with Crippen LogP contribution < -0.4 is 0 Å². The van der Waals surface area contributed by atoms with Crippen LogP contribution in [0.5, 0.6) is 0 Å². The van der Waals surface area contributed by atoms with Gasteiger partial charge in [0.1, 0.15) is 6.04 Å². The van der Waals surface area contributed by atoms with Gasteiger partial charge in [-0.05, 0) is 32.9 Å². The Bertz CT molecular complexity index is 162. The number of carbonyl (C=O) groups excluding carboxylic acids is 1. The van der Waals surface area contributed by atoms with Crippen molar-refractivity contribution in [1.29, 1.82) is 0 Å². The fraction of sp³-hybridized carbons (Fsp3) is 0.900. The van der Waals surface area contributed by atoms with Crippen molar-refractivity contribution in [3.8, 4) is 0 Å². The van der Waals surface area contributed by atoms with E-state index in [1.54, 1.807) is 0 Å². The lowest BCUT2D eigenvalue weighted by Gasteiger charge is -2.25. The van der Waals surface area contributed by atoms with Gasteiger partial charge < -0.3 is 4.74 Å². The van der Waals surface area contributed by atoms with Crippen LogP contribution in [-0.4, -0.2) is 37.1 Å². The maximum Gasteiger partial charge on any atom is 0.322 e. The van der Waals surface area contributed by atoms with Crippen molar-refractivity contribution in [2.24, 2.45) is 0 Å². The fourth-order valence-corrected chi connectivity index (χ4v) is 1.80. The minimum atomic E-state index is -0.109. The molecule has 1 heterocycles. The molecule has 0 amide bonds. The molecule has 0 spiro atoms. The number of rotatable bonds is 2. The first kappa shape index (κ1) is 10.5. The molecule has 0 aliphatic carbocycles. The molecule has 0 N–H and O–H groups in total. The lowest BCUT2D eigenvalue weighted by molar-refractivity contribution is -0.146. The van der Waals surface area contributed by atoms with Gasteiger partial charge >= 0.3 is 5.97 Å². The maximum absolute atomic E-state index is 11.3. The van der Waals surface area contributed by atoms with Crippen LogP contribution >= 0.6 is 0 Å². The summed E-state index contributed by atoms with van der Waals surface area (Å²) in [5.41, 5.74) is 0. The zero-order chi connectivity index (χ0) is 9.68. The lowest BCUT2D eigenvalue weighted by Crippen LogP contribution is -2.40. The summed E-state index contributed by atoms with van der Waals surface area (Å²) in [6, 6.07) is -0.0666. The van der Waals surface area contributed by atoms with Crippen molar-refractivity contribution >= 4 is 5.97 Å². The van der Waals surface area contributed by atoms with Crippen LogP contribution in [0.2, 0.25) is 0 Å².